The summed E-state index contributed by atoms with van der Waals surface area (Å²) in [6.45, 7) is 2.95. The first-order valence-electron chi connectivity index (χ1n) is 11.3. The van der Waals surface area contributed by atoms with Crippen molar-refractivity contribution in [3.8, 4) is 0 Å². The van der Waals surface area contributed by atoms with Gasteiger partial charge in [0.15, 0.2) is 0 Å². The van der Waals surface area contributed by atoms with Crippen LogP contribution in [0.5, 0.6) is 0 Å². The first-order valence-corrected chi connectivity index (χ1v) is 14.4. The Kier molecular flexibility index (Phi) is 11.2. The summed E-state index contributed by atoms with van der Waals surface area (Å²) >= 11 is 12.9. The third kappa shape index (κ3) is 7.25. The van der Waals surface area contributed by atoms with Gasteiger partial charge in [-0.05, 0) is 68.1 Å². The molecule has 1 aliphatic rings. The molecule has 1 amide bonds. The number of anilines is 1. The van der Waals surface area contributed by atoms with Crippen molar-refractivity contribution in [2.75, 3.05) is 44.1 Å². The molecular weight excluding hydrogens is 616 g/mol. The lowest BCUT2D eigenvalue weighted by molar-refractivity contribution is -0.142. The van der Waals surface area contributed by atoms with Crippen molar-refractivity contribution in [2.45, 2.75) is 16.9 Å². The zero-order valence-electron chi connectivity index (χ0n) is 20.2. The lowest BCUT2D eigenvalue weighted by Gasteiger charge is -2.36. The van der Waals surface area contributed by atoms with E-state index in [-0.39, 0.29) is 31.6 Å². The van der Waals surface area contributed by atoms with Gasteiger partial charge in [-0.15, -0.1) is 11.8 Å². The Bertz CT molecular complexity index is 1210. The van der Waals surface area contributed by atoms with Gasteiger partial charge >= 0.3 is 5.97 Å². The molecule has 37 heavy (non-hydrogen) atoms. The number of nitrogens with one attached hydrogen (secondary N) is 1. The van der Waals surface area contributed by atoms with Crippen LogP contribution in [0.25, 0.3) is 0 Å². The molecule has 11 heteroatoms. The maximum atomic E-state index is 13.3. The zero-order chi connectivity index (χ0) is 25.5. The predicted molar refractivity (Wildman–Crippen MR) is 160 cm³/mol. The van der Waals surface area contributed by atoms with Crippen LogP contribution in [0.2, 0.25) is 5.02 Å². The van der Waals surface area contributed by atoms with Gasteiger partial charge in [0, 0.05) is 22.5 Å². The van der Waals surface area contributed by atoms with E-state index in [0.29, 0.717) is 18.2 Å². The van der Waals surface area contributed by atoms with Crippen molar-refractivity contribution in [2.24, 2.45) is 0 Å². The van der Waals surface area contributed by atoms with Crippen molar-refractivity contribution in [3.63, 3.8) is 0 Å². The molecule has 0 aliphatic carbocycles. The molecule has 1 fully saturated rings. The van der Waals surface area contributed by atoms with Crippen LogP contribution < -0.4 is 10.2 Å². The number of rotatable bonds is 9. The molecule has 2 aromatic carbocycles. The summed E-state index contributed by atoms with van der Waals surface area (Å²) in [6, 6.07) is 15.3. The Balaban J connectivity index is 0.00000380. The first-order chi connectivity index (χ1) is 17.4. The number of hydrogen-bond donors (Lipinski definition) is 1. The molecule has 198 valence electrons. The summed E-state index contributed by atoms with van der Waals surface area (Å²) in [5.41, 5.74) is 1.54. The lowest BCUT2D eigenvalue weighted by Crippen LogP contribution is -2.49. The summed E-state index contributed by atoms with van der Waals surface area (Å²) in [6.07, 6.45) is -0.0495. The summed E-state index contributed by atoms with van der Waals surface area (Å²) in [4.78, 5) is 29.1. The van der Waals surface area contributed by atoms with E-state index in [4.69, 9.17) is 21.1 Å². The van der Waals surface area contributed by atoms with Gasteiger partial charge in [-0.2, -0.15) is 24.8 Å². The predicted octanol–water partition coefficient (Wildman–Crippen LogP) is 5.83. The largest absolute Gasteiger partial charge is 0.469 e. The van der Waals surface area contributed by atoms with E-state index in [1.165, 1.54) is 30.2 Å². The molecule has 1 aromatic heterocycles. The van der Waals surface area contributed by atoms with Gasteiger partial charge in [-0.25, -0.2) is 0 Å². The molecule has 1 unspecified atom stereocenters. The topological polar surface area (TPSA) is 67.9 Å². The van der Waals surface area contributed by atoms with Crippen LogP contribution in [0, 0.1) is 0 Å². The quantitative estimate of drug-likeness (QED) is 0.234. The fourth-order valence-corrected chi connectivity index (χ4v) is 6.57. The van der Waals surface area contributed by atoms with E-state index in [9.17, 15) is 9.59 Å². The molecule has 0 saturated carbocycles. The summed E-state index contributed by atoms with van der Waals surface area (Å²) in [5, 5.41) is 7.66. The lowest BCUT2D eigenvalue weighted by atomic mass is 9.81. The number of thioether (sulfide) groups is 1. The summed E-state index contributed by atoms with van der Waals surface area (Å²) in [7, 11) is 1.35. The Labute approximate surface area is 245 Å². The number of carbonyl (C=O) groups excluding carboxylic acids is 2. The van der Waals surface area contributed by atoms with Gasteiger partial charge in [0.2, 0.25) is 5.91 Å². The molecule has 6 nitrogen and oxygen atoms in total. The van der Waals surface area contributed by atoms with Crippen molar-refractivity contribution in [3.05, 3.63) is 79.9 Å². The van der Waals surface area contributed by atoms with Crippen molar-refractivity contribution in [1.29, 1.82) is 0 Å². The van der Waals surface area contributed by atoms with Crippen LogP contribution in [-0.2, 0) is 24.6 Å². The van der Waals surface area contributed by atoms with E-state index < -0.39 is 11.5 Å². The number of amides is 1. The van der Waals surface area contributed by atoms with Gasteiger partial charge in [0.05, 0.1) is 43.2 Å². The standard InChI is InChI=1S/C26H26BrClN2O4S2.H2S/c1-33-25(32)15-26(19-8-13-35-16-19,29-24(31)17-36-23-5-3-2-4-21(23)28)18-6-7-22(20(27)14-18)30-9-11-34-12-10-30;/h2-8,13-14,16H,9-12,15,17H2,1H3,(H,29,31);1H2. The second kappa shape index (κ2) is 13.9. The van der Waals surface area contributed by atoms with Crippen LogP contribution in [0.1, 0.15) is 17.5 Å². The van der Waals surface area contributed by atoms with Gasteiger partial charge in [0.1, 0.15) is 5.54 Å². The molecule has 1 aliphatic heterocycles. The first kappa shape index (κ1) is 29.9. The molecular formula is C26H28BrClN2O4S3. The molecule has 4 rings (SSSR count). The van der Waals surface area contributed by atoms with Crippen molar-refractivity contribution >= 4 is 81.7 Å². The van der Waals surface area contributed by atoms with E-state index in [1.807, 2.05) is 53.2 Å². The highest BCUT2D eigenvalue weighted by Crippen LogP contribution is 2.39. The maximum absolute atomic E-state index is 13.3. The second-order valence-electron chi connectivity index (χ2n) is 8.20. The minimum atomic E-state index is -1.10. The highest BCUT2D eigenvalue weighted by molar-refractivity contribution is 9.10. The number of carbonyl (C=O) groups is 2. The normalized spacial score (nSPS) is 14.8. The number of nitrogens with zero attached hydrogens (tertiary/aromatic N) is 1. The van der Waals surface area contributed by atoms with Gasteiger partial charge in [0.25, 0.3) is 0 Å². The number of ether oxygens (including phenoxy) is 2. The SMILES string of the molecule is COC(=O)CC(NC(=O)CSc1ccccc1Cl)(c1ccsc1)c1ccc(N2CCOCC2)c(Br)c1.S. The fourth-order valence-electron chi connectivity index (χ4n) is 4.17. The molecule has 2 heterocycles. The third-order valence-electron chi connectivity index (χ3n) is 5.99. The van der Waals surface area contributed by atoms with Crippen LogP contribution in [0.4, 0.5) is 5.69 Å². The molecule has 1 saturated heterocycles. The zero-order valence-corrected chi connectivity index (χ0v) is 25.1. The average Bonchev–Trinajstić information content (AvgIpc) is 3.44. The fraction of sp³-hybridized carbons (Fsp3) is 0.308. The number of esters is 1. The summed E-state index contributed by atoms with van der Waals surface area (Å²) < 4.78 is 11.4. The second-order valence-corrected chi connectivity index (χ2v) is 11.3. The van der Waals surface area contributed by atoms with Gasteiger partial charge < -0.3 is 19.7 Å². The molecule has 1 atom stereocenters. The van der Waals surface area contributed by atoms with E-state index >= 15 is 0 Å². The Morgan fingerprint density at radius 1 is 1.19 bits per heavy atom. The van der Waals surface area contributed by atoms with E-state index in [2.05, 4.69) is 26.1 Å². The Morgan fingerprint density at radius 3 is 2.59 bits per heavy atom. The number of methoxy groups -OCH3 is 1. The molecule has 0 bridgehead atoms. The van der Waals surface area contributed by atoms with Crippen LogP contribution in [0.3, 0.4) is 0 Å². The van der Waals surface area contributed by atoms with Crippen LogP contribution in [-0.4, -0.2) is 51.0 Å². The van der Waals surface area contributed by atoms with Crippen LogP contribution in [0.15, 0.2) is 68.7 Å². The minimum absolute atomic E-state index is 0. The van der Waals surface area contributed by atoms with E-state index in [0.717, 1.165) is 39.3 Å². The molecule has 3 aromatic rings. The van der Waals surface area contributed by atoms with Gasteiger partial charge in [-0.3, -0.25) is 9.59 Å². The van der Waals surface area contributed by atoms with E-state index in [1.54, 1.807) is 6.07 Å². The number of thiophene rings is 1. The number of benzene rings is 2. The molecule has 1 N–H and O–H groups in total. The highest BCUT2D eigenvalue weighted by Gasteiger charge is 2.39. The minimum Gasteiger partial charge on any atom is -0.469 e. The van der Waals surface area contributed by atoms with Crippen molar-refractivity contribution in [1.82, 2.24) is 5.32 Å². The summed E-state index contributed by atoms with van der Waals surface area (Å²) in [5.74, 6) is -0.499. The van der Waals surface area contributed by atoms with Crippen LogP contribution >= 0.6 is 64.1 Å². The maximum Gasteiger partial charge on any atom is 0.308 e. The monoisotopic (exact) mass is 642 g/mol. The number of halogens is 2. The van der Waals surface area contributed by atoms with Gasteiger partial charge in [-0.1, -0.05) is 29.8 Å². The molecule has 0 spiro atoms. The van der Waals surface area contributed by atoms with Crippen molar-refractivity contribution < 1.29 is 19.1 Å². The average molecular weight is 644 g/mol. The smallest absolute Gasteiger partial charge is 0.308 e. The number of morpholine rings is 1. The Morgan fingerprint density at radius 2 is 1.95 bits per heavy atom. The molecule has 0 radical (unpaired) electrons. The third-order valence-corrected chi connectivity index (χ3v) is 8.83. The Hall–Kier alpha value is -1.69. The number of hydrogen-bond acceptors (Lipinski definition) is 7. The highest BCUT2D eigenvalue weighted by atomic mass is 79.9.